The average Bonchev–Trinajstić information content (AvgIpc) is 3.14. The first-order chi connectivity index (χ1) is 14.5. The van der Waals surface area contributed by atoms with Crippen LogP contribution in [0, 0.1) is 5.92 Å². The fourth-order valence-corrected chi connectivity index (χ4v) is 6.09. The van der Waals surface area contributed by atoms with Gasteiger partial charge in [-0.15, -0.1) is 0 Å². The number of carbonyl (C=O) groups excluding carboxylic acids is 1. The van der Waals surface area contributed by atoms with E-state index in [2.05, 4.69) is 46.9 Å². The third-order valence-corrected chi connectivity index (χ3v) is 8.90. The van der Waals surface area contributed by atoms with E-state index < -0.39 is 0 Å². The van der Waals surface area contributed by atoms with Crippen molar-refractivity contribution in [1.82, 2.24) is 20.0 Å². The van der Waals surface area contributed by atoms with Crippen molar-refractivity contribution in [3.63, 3.8) is 0 Å². The Hall–Kier alpha value is -0.980. The zero-order valence-corrected chi connectivity index (χ0v) is 20.0. The van der Waals surface area contributed by atoms with Crippen molar-refractivity contribution < 1.29 is 4.79 Å². The fourth-order valence-electron chi connectivity index (χ4n) is 4.76. The minimum Gasteiger partial charge on any atom is -0.372 e. The number of nitrogens with zero attached hydrogens (tertiary/aromatic N) is 3. The lowest BCUT2D eigenvalue weighted by Gasteiger charge is -2.43. The average molecular weight is 433 g/mol. The van der Waals surface area contributed by atoms with Gasteiger partial charge in [0.2, 0.25) is 5.91 Å². The molecule has 1 saturated carbocycles. The van der Waals surface area contributed by atoms with E-state index in [0.29, 0.717) is 17.8 Å². The summed E-state index contributed by atoms with van der Waals surface area (Å²) in [5.41, 5.74) is 2.86. The first kappa shape index (κ1) is 22.2. The number of piperazine rings is 1. The molecule has 0 bridgehead atoms. The number of carbonyl (C=O) groups is 1. The second kappa shape index (κ2) is 10.1. The lowest BCUT2D eigenvalue weighted by atomic mass is 9.91. The molecule has 2 unspecified atom stereocenters. The van der Waals surface area contributed by atoms with Gasteiger partial charge in [0.05, 0.1) is 11.9 Å². The first-order valence-corrected chi connectivity index (χ1v) is 13.0. The van der Waals surface area contributed by atoms with E-state index in [4.69, 9.17) is 0 Å². The zero-order valence-electron chi connectivity index (χ0n) is 19.2. The molecular weight excluding hydrogens is 392 g/mol. The van der Waals surface area contributed by atoms with Crippen LogP contribution in [-0.2, 0) is 4.79 Å². The van der Waals surface area contributed by atoms with E-state index in [9.17, 15) is 4.79 Å². The maximum atomic E-state index is 12.9. The Kier molecular flexibility index (Phi) is 7.48. The van der Waals surface area contributed by atoms with Gasteiger partial charge in [-0.05, 0) is 37.7 Å². The second-order valence-corrected chi connectivity index (χ2v) is 10.9. The Morgan fingerprint density at radius 1 is 1.23 bits per heavy atom. The molecule has 0 radical (unpaired) electrons. The van der Waals surface area contributed by atoms with Gasteiger partial charge in [-0.2, -0.15) is 0 Å². The number of thioether (sulfide) groups is 1. The maximum Gasteiger partial charge on any atom is 0.236 e. The van der Waals surface area contributed by atoms with Crippen LogP contribution in [0.4, 0.5) is 0 Å². The summed E-state index contributed by atoms with van der Waals surface area (Å²) in [5.74, 6) is 1.08. The Morgan fingerprint density at radius 2 is 2.00 bits per heavy atom. The van der Waals surface area contributed by atoms with Crippen molar-refractivity contribution >= 4 is 17.7 Å². The number of nitrogens with one attached hydrogen (secondary N) is 1. The zero-order chi connectivity index (χ0) is 21.1. The minimum absolute atomic E-state index is 0.324. The molecular formula is C24H40N4OS. The number of rotatable bonds is 7. The lowest BCUT2D eigenvalue weighted by Crippen LogP contribution is -2.55. The highest BCUT2D eigenvalue weighted by Crippen LogP contribution is 2.38. The van der Waals surface area contributed by atoms with Gasteiger partial charge in [0.15, 0.2) is 0 Å². The largest absolute Gasteiger partial charge is 0.372 e. The molecule has 0 aromatic heterocycles. The Labute approximate surface area is 187 Å². The Balaban J connectivity index is 1.22. The molecule has 0 aromatic carbocycles. The normalized spacial score (nSPS) is 27.6. The van der Waals surface area contributed by atoms with Crippen molar-refractivity contribution in [2.45, 2.75) is 70.7 Å². The molecule has 4 aliphatic rings. The standard InChI is InChI=1S/C24H40N4OS/c1-4-18(2)8-9-19(3)24-25-21-10-11-26(16-22(21)30-24)17-23(29)28-14-12-27(13-15-28)20-6-5-7-20/h9,18,20,24-25H,4-8,10-17H2,1-3H3/b19-9+. The van der Waals surface area contributed by atoms with Crippen molar-refractivity contribution in [2.75, 3.05) is 45.8 Å². The fraction of sp³-hybridized carbons (Fsp3) is 0.792. The molecule has 3 aliphatic heterocycles. The summed E-state index contributed by atoms with van der Waals surface area (Å²) in [6.07, 6.45) is 9.97. The molecule has 168 valence electrons. The van der Waals surface area contributed by atoms with Gasteiger partial charge in [0.1, 0.15) is 0 Å². The minimum atomic E-state index is 0.324. The van der Waals surface area contributed by atoms with Gasteiger partial charge >= 0.3 is 0 Å². The highest BCUT2D eigenvalue weighted by molar-refractivity contribution is 8.04. The second-order valence-electron chi connectivity index (χ2n) is 9.70. The van der Waals surface area contributed by atoms with Crippen LogP contribution in [0.25, 0.3) is 0 Å². The van der Waals surface area contributed by atoms with E-state index in [1.54, 1.807) is 0 Å². The van der Waals surface area contributed by atoms with Crippen LogP contribution in [-0.4, -0.2) is 77.8 Å². The highest BCUT2D eigenvalue weighted by Gasteiger charge is 2.32. The molecule has 1 N–H and O–H groups in total. The van der Waals surface area contributed by atoms with Crippen LogP contribution >= 0.6 is 11.8 Å². The third-order valence-electron chi connectivity index (χ3n) is 7.52. The number of hydrogen-bond acceptors (Lipinski definition) is 5. The molecule has 30 heavy (non-hydrogen) atoms. The summed E-state index contributed by atoms with van der Waals surface area (Å²) in [4.78, 5) is 21.4. The van der Waals surface area contributed by atoms with Gasteiger partial charge in [-0.1, -0.05) is 44.5 Å². The molecule has 6 heteroatoms. The monoisotopic (exact) mass is 432 g/mol. The molecule has 1 amide bonds. The van der Waals surface area contributed by atoms with Gasteiger partial charge in [0.25, 0.3) is 0 Å². The van der Waals surface area contributed by atoms with E-state index in [-0.39, 0.29) is 0 Å². The summed E-state index contributed by atoms with van der Waals surface area (Å²) in [6.45, 7) is 13.3. The number of hydrogen-bond donors (Lipinski definition) is 1. The molecule has 1 aliphatic carbocycles. The molecule has 3 heterocycles. The van der Waals surface area contributed by atoms with Crippen molar-refractivity contribution in [2.24, 2.45) is 5.92 Å². The van der Waals surface area contributed by atoms with Gasteiger partial charge < -0.3 is 10.2 Å². The van der Waals surface area contributed by atoms with Crippen LogP contribution in [0.3, 0.4) is 0 Å². The van der Waals surface area contributed by atoms with E-state index >= 15 is 0 Å². The molecule has 1 saturated heterocycles. The molecule has 2 fully saturated rings. The summed E-state index contributed by atoms with van der Waals surface area (Å²) in [6, 6.07) is 0.803. The van der Waals surface area contributed by atoms with Crippen molar-refractivity contribution in [1.29, 1.82) is 0 Å². The number of amides is 1. The van der Waals surface area contributed by atoms with Gasteiger partial charge in [-0.25, -0.2) is 0 Å². The highest BCUT2D eigenvalue weighted by atomic mass is 32.2. The van der Waals surface area contributed by atoms with E-state index in [1.807, 2.05) is 11.8 Å². The van der Waals surface area contributed by atoms with Crippen LogP contribution < -0.4 is 5.32 Å². The van der Waals surface area contributed by atoms with Crippen molar-refractivity contribution in [3.8, 4) is 0 Å². The van der Waals surface area contributed by atoms with Gasteiger partial charge in [0, 0.05) is 62.3 Å². The number of allylic oxidation sites excluding steroid dienone is 1. The summed E-state index contributed by atoms with van der Waals surface area (Å²) >= 11 is 1.97. The van der Waals surface area contributed by atoms with Crippen LogP contribution in [0.15, 0.2) is 22.3 Å². The quantitative estimate of drug-likeness (QED) is 0.622. The molecule has 4 rings (SSSR count). The Bertz CT molecular complexity index is 679. The predicted molar refractivity (Wildman–Crippen MR) is 126 cm³/mol. The molecule has 2 atom stereocenters. The summed E-state index contributed by atoms with van der Waals surface area (Å²) in [5, 5.41) is 4.13. The topological polar surface area (TPSA) is 38.8 Å². The summed E-state index contributed by atoms with van der Waals surface area (Å²) in [7, 11) is 0. The molecule has 0 aromatic rings. The van der Waals surface area contributed by atoms with E-state index in [0.717, 1.165) is 57.6 Å². The molecule has 5 nitrogen and oxygen atoms in total. The maximum absolute atomic E-state index is 12.9. The SMILES string of the molecule is CCC(C)C/C=C(\C)C1NC2=C(CN(CC(=O)N3CCN(C4CCC4)CC3)CC2)S1. The van der Waals surface area contributed by atoms with E-state index in [1.165, 1.54) is 48.3 Å². The predicted octanol–water partition coefficient (Wildman–Crippen LogP) is 3.65. The third kappa shape index (κ3) is 5.25. The first-order valence-electron chi connectivity index (χ1n) is 12.1. The molecule has 0 spiro atoms. The van der Waals surface area contributed by atoms with Gasteiger partial charge in [-0.3, -0.25) is 14.6 Å². The Morgan fingerprint density at radius 3 is 2.67 bits per heavy atom. The van der Waals surface area contributed by atoms with Crippen molar-refractivity contribution in [3.05, 3.63) is 22.3 Å². The smallest absolute Gasteiger partial charge is 0.236 e. The summed E-state index contributed by atoms with van der Waals surface area (Å²) < 4.78 is 0. The van der Waals surface area contributed by atoms with Crippen LogP contribution in [0.1, 0.15) is 59.3 Å². The van der Waals surface area contributed by atoms with Crippen LogP contribution in [0.2, 0.25) is 0 Å². The lowest BCUT2D eigenvalue weighted by molar-refractivity contribution is -0.134. The van der Waals surface area contributed by atoms with Crippen LogP contribution in [0.5, 0.6) is 0 Å².